The van der Waals surface area contributed by atoms with Crippen LogP contribution in [0.15, 0.2) is 35.2 Å². The lowest BCUT2D eigenvalue weighted by atomic mass is 9.71. The van der Waals surface area contributed by atoms with Crippen molar-refractivity contribution in [3.05, 3.63) is 57.3 Å². The molecule has 6 nitrogen and oxygen atoms in total. The number of alkyl halides is 2. The number of hydrogen-bond acceptors (Lipinski definition) is 4. The number of amides is 1. The number of anilines is 1. The maximum absolute atomic E-state index is 13.4. The van der Waals surface area contributed by atoms with Crippen LogP contribution in [0.5, 0.6) is 0 Å². The van der Waals surface area contributed by atoms with Crippen LogP contribution in [-0.4, -0.2) is 38.0 Å². The monoisotopic (exact) mass is 510 g/mol. The van der Waals surface area contributed by atoms with E-state index < -0.39 is 44.6 Å². The number of carbonyl (C=O) groups is 1. The summed E-state index contributed by atoms with van der Waals surface area (Å²) in [4.78, 5) is 12.2. The fourth-order valence-electron chi connectivity index (χ4n) is 3.40. The Bertz CT molecular complexity index is 1160. The smallest absolute Gasteiger partial charge is 0.266 e. The second-order valence-corrected chi connectivity index (χ2v) is 10.3. The molecule has 1 aliphatic carbocycles. The van der Waals surface area contributed by atoms with Crippen molar-refractivity contribution in [1.82, 2.24) is 4.72 Å². The van der Waals surface area contributed by atoms with Gasteiger partial charge in [-0.15, -0.1) is 0 Å². The van der Waals surface area contributed by atoms with Crippen LogP contribution in [0.25, 0.3) is 0 Å². The lowest BCUT2D eigenvalue weighted by molar-refractivity contribution is -0.166. The van der Waals surface area contributed by atoms with Gasteiger partial charge in [-0.05, 0) is 61.6 Å². The first-order chi connectivity index (χ1) is 14.8. The Labute approximate surface area is 192 Å². The Balaban J connectivity index is 1.76. The highest BCUT2D eigenvalue weighted by molar-refractivity contribution is 7.89. The van der Waals surface area contributed by atoms with E-state index in [0.717, 1.165) is 12.1 Å². The van der Waals surface area contributed by atoms with Crippen LogP contribution < -0.4 is 10.0 Å². The largest absolute Gasteiger partial charge is 0.384 e. The highest BCUT2D eigenvalue weighted by atomic mass is 35.5. The second-order valence-electron chi connectivity index (χ2n) is 7.71. The van der Waals surface area contributed by atoms with Gasteiger partial charge in [-0.2, -0.15) is 0 Å². The molecule has 0 spiro atoms. The summed E-state index contributed by atoms with van der Waals surface area (Å²) in [6, 6.07) is 6.00. The van der Waals surface area contributed by atoms with Crippen molar-refractivity contribution in [2.45, 2.75) is 36.7 Å². The van der Waals surface area contributed by atoms with E-state index >= 15 is 0 Å². The predicted octanol–water partition coefficient (Wildman–Crippen LogP) is 4.38. The highest BCUT2D eigenvalue weighted by Crippen LogP contribution is 2.42. The summed E-state index contributed by atoms with van der Waals surface area (Å²) >= 11 is 12.1. The quantitative estimate of drug-likeness (QED) is 0.515. The number of benzene rings is 2. The van der Waals surface area contributed by atoms with Crippen molar-refractivity contribution in [2.24, 2.45) is 5.92 Å². The number of aryl methyl sites for hydroxylation is 1. The van der Waals surface area contributed by atoms with Crippen LogP contribution in [0.2, 0.25) is 10.0 Å². The van der Waals surface area contributed by atoms with Gasteiger partial charge in [0.2, 0.25) is 10.0 Å². The van der Waals surface area contributed by atoms with Gasteiger partial charge in [0.25, 0.3) is 12.3 Å². The third-order valence-electron chi connectivity index (χ3n) is 5.22. The molecule has 0 aromatic heterocycles. The average molecular weight is 511 g/mol. The molecule has 174 valence electrons. The Kier molecular flexibility index (Phi) is 7.11. The number of rotatable bonds is 7. The molecule has 32 heavy (non-hydrogen) atoms. The molecule has 2 aromatic carbocycles. The number of sulfonamides is 1. The Morgan fingerprint density at radius 2 is 1.88 bits per heavy atom. The maximum Gasteiger partial charge on any atom is 0.266 e. The fourth-order valence-corrected chi connectivity index (χ4v) is 5.37. The lowest BCUT2D eigenvalue weighted by Crippen LogP contribution is -2.52. The van der Waals surface area contributed by atoms with Gasteiger partial charge in [-0.3, -0.25) is 4.79 Å². The van der Waals surface area contributed by atoms with Crippen molar-refractivity contribution in [1.29, 1.82) is 0 Å². The van der Waals surface area contributed by atoms with Gasteiger partial charge in [0.1, 0.15) is 16.3 Å². The zero-order valence-corrected chi connectivity index (χ0v) is 19.0. The zero-order valence-electron chi connectivity index (χ0n) is 16.6. The van der Waals surface area contributed by atoms with Crippen LogP contribution >= 0.6 is 23.2 Å². The minimum Gasteiger partial charge on any atom is -0.384 e. The van der Waals surface area contributed by atoms with Crippen LogP contribution in [0, 0.1) is 18.7 Å². The summed E-state index contributed by atoms with van der Waals surface area (Å²) in [5.41, 5.74) is -1.71. The van der Waals surface area contributed by atoms with Crippen molar-refractivity contribution < 1.29 is 31.5 Å². The van der Waals surface area contributed by atoms with E-state index in [0.29, 0.717) is 5.56 Å². The molecule has 0 heterocycles. The van der Waals surface area contributed by atoms with Crippen molar-refractivity contribution in [2.75, 3.05) is 11.9 Å². The van der Waals surface area contributed by atoms with Crippen molar-refractivity contribution >= 4 is 44.8 Å². The van der Waals surface area contributed by atoms with E-state index in [1.54, 1.807) is 0 Å². The molecule has 1 amide bonds. The van der Waals surface area contributed by atoms with Gasteiger partial charge in [-0.1, -0.05) is 23.2 Å². The van der Waals surface area contributed by atoms with E-state index in [1.807, 2.05) is 0 Å². The Morgan fingerprint density at radius 3 is 2.47 bits per heavy atom. The summed E-state index contributed by atoms with van der Waals surface area (Å²) in [5.74, 6) is -1.67. The first kappa shape index (κ1) is 24.8. The van der Waals surface area contributed by atoms with Gasteiger partial charge >= 0.3 is 0 Å². The molecule has 0 radical (unpaired) electrons. The first-order valence-corrected chi connectivity index (χ1v) is 11.6. The van der Waals surface area contributed by atoms with E-state index in [-0.39, 0.29) is 40.7 Å². The van der Waals surface area contributed by atoms with Gasteiger partial charge in [0.05, 0.1) is 15.6 Å². The van der Waals surface area contributed by atoms with Crippen LogP contribution in [0.4, 0.5) is 18.9 Å². The molecular formula is C20H19Cl2F3N2O4S. The van der Waals surface area contributed by atoms with E-state index in [2.05, 4.69) is 10.0 Å². The predicted molar refractivity (Wildman–Crippen MR) is 114 cm³/mol. The molecule has 0 bridgehead atoms. The van der Waals surface area contributed by atoms with Crippen molar-refractivity contribution in [3.8, 4) is 0 Å². The number of aliphatic hydroxyl groups is 1. The van der Waals surface area contributed by atoms with Gasteiger partial charge in [-0.25, -0.2) is 26.3 Å². The minimum absolute atomic E-state index is 0.105. The fraction of sp³-hybridized carbons (Fsp3) is 0.350. The number of hydrogen-bond donors (Lipinski definition) is 3. The molecule has 1 saturated carbocycles. The topological polar surface area (TPSA) is 95.5 Å². The lowest BCUT2D eigenvalue weighted by Gasteiger charge is -2.42. The molecule has 1 aliphatic rings. The number of halogens is 5. The molecule has 3 N–H and O–H groups in total. The maximum atomic E-state index is 13.4. The molecular weight excluding hydrogens is 492 g/mol. The second kappa shape index (κ2) is 9.18. The highest BCUT2D eigenvalue weighted by Gasteiger charge is 2.49. The Morgan fingerprint density at radius 1 is 1.22 bits per heavy atom. The molecule has 0 saturated heterocycles. The molecule has 0 atom stereocenters. The number of nitrogens with one attached hydrogen (secondary N) is 2. The standard InChI is InChI=1S/C20H19Cl2F3N2O4S/c1-10-4-12(2-3-16(10)23)27-18(28)13-5-17(15(22)6-14(13)21)32(30,31)26-9-11-7-20(29,8-11)19(24)25/h2-6,11,19,26,29H,7-9H2,1H3,(H,27,28). The van der Waals surface area contributed by atoms with Crippen LogP contribution in [0.3, 0.4) is 0 Å². The molecule has 2 aromatic rings. The summed E-state index contributed by atoms with van der Waals surface area (Å²) < 4.78 is 66.5. The van der Waals surface area contributed by atoms with Crippen molar-refractivity contribution in [3.63, 3.8) is 0 Å². The van der Waals surface area contributed by atoms with E-state index in [4.69, 9.17) is 23.2 Å². The average Bonchev–Trinajstić information content (AvgIpc) is 2.66. The minimum atomic E-state index is -4.22. The van der Waals surface area contributed by atoms with E-state index in [9.17, 15) is 31.5 Å². The summed E-state index contributed by atoms with van der Waals surface area (Å²) in [6.07, 6.45) is -3.40. The summed E-state index contributed by atoms with van der Waals surface area (Å²) in [6.45, 7) is 1.33. The molecule has 0 aliphatic heterocycles. The molecule has 12 heteroatoms. The summed E-state index contributed by atoms with van der Waals surface area (Å²) in [5, 5.41) is 11.8. The summed E-state index contributed by atoms with van der Waals surface area (Å²) in [7, 11) is -4.22. The van der Waals surface area contributed by atoms with Gasteiger partial charge in [0.15, 0.2) is 0 Å². The molecule has 0 unspecified atom stereocenters. The third kappa shape index (κ3) is 5.20. The van der Waals surface area contributed by atoms with Gasteiger partial charge < -0.3 is 10.4 Å². The number of carbonyl (C=O) groups excluding carboxylic acids is 1. The normalized spacial score (nSPS) is 20.8. The third-order valence-corrected chi connectivity index (χ3v) is 7.43. The van der Waals surface area contributed by atoms with Gasteiger partial charge in [0, 0.05) is 12.2 Å². The molecule has 3 rings (SSSR count). The zero-order chi connectivity index (χ0) is 23.8. The molecule has 1 fully saturated rings. The van der Waals surface area contributed by atoms with E-state index in [1.165, 1.54) is 25.1 Å². The van der Waals surface area contributed by atoms with Crippen LogP contribution in [0.1, 0.15) is 28.8 Å². The van der Waals surface area contributed by atoms with Crippen LogP contribution in [-0.2, 0) is 10.0 Å². The SMILES string of the molecule is Cc1cc(NC(=O)c2cc(S(=O)(=O)NCC3CC(O)(C(F)F)C3)c(Cl)cc2Cl)ccc1F. The Hall–Kier alpha value is -1.85. The first-order valence-electron chi connectivity index (χ1n) is 9.39.